The Kier molecular flexibility index (Phi) is 14.3. The minimum absolute atomic E-state index is 0.0232. The van der Waals surface area contributed by atoms with Crippen LogP contribution >= 0.6 is 11.6 Å². The van der Waals surface area contributed by atoms with Gasteiger partial charge in [-0.2, -0.15) is 4.31 Å². The molecule has 10 nitrogen and oxygen atoms in total. The fourth-order valence-corrected chi connectivity index (χ4v) is 10.8. The molecule has 1 heterocycles. The standard InChI is InChI=1S/C50H61ClN2O8S/c1-49(2,3)61-48(55)38-17-25-47-45(29-38)52(33-50(34-60-47)26-9-10-37-28-40(51)18-24-44(37)50)32-39-16-23-43(39)46(54)11-7-6-8-27-62(56,57)53(30-35-12-19-41(58-4)20-13-35)31-36-14-21-42(59-5)22-15-36/h7,11-15,17-22,24-25,28-29,39,43,46,54H,6,8-10,16,23,26-27,30-34H2,1-5H3/b11-7+/t39-,43+,46-,50?/m0/s1. The van der Waals surface area contributed by atoms with Crippen LogP contribution in [0.5, 0.6) is 17.2 Å². The summed E-state index contributed by atoms with van der Waals surface area (Å²) in [5.41, 5.74) is 4.66. The molecule has 62 heavy (non-hydrogen) atoms. The predicted octanol–water partition coefficient (Wildman–Crippen LogP) is 9.54. The Morgan fingerprint density at radius 2 is 1.65 bits per heavy atom. The Morgan fingerprint density at radius 3 is 2.26 bits per heavy atom. The van der Waals surface area contributed by atoms with Crippen LogP contribution in [0.3, 0.4) is 0 Å². The topological polar surface area (TPSA) is 115 Å². The van der Waals surface area contributed by atoms with E-state index in [-0.39, 0.29) is 42.1 Å². The molecule has 1 saturated carbocycles. The number of allylic oxidation sites excluding steroid dienone is 1. The van der Waals surface area contributed by atoms with Gasteiger partial charge in [-0.3, -0.25) is 0 Å². The van der Waals surface area contributed by atoms with Crippen LogP contribution in [0.4, 0.5) is 5.69 Å². The number of nitrogens with zero attached hydrogens (tertiary/aromatic N) is 2. The quantitative estimate of drug-likeness (QED) is 0.0668. The van der Waals surface area contributed by atoms with E-state index in [1.54, 1.807) is 20.3 Å². The van der Waals surface area contributed by atoms with Crippen molar-refractivity contribution in [3.8, 4) is 17.2 Å². The molecule has 1 spiro atoms. The molecule has 4 atom stereocenters. The molecule has 0 bridgehead atoms. The lowest BCUT2D eigenvalue weighted by atomic mass is 9.68. The number of anilines is 1. The number of hydrogen-bond acceptors (Lipinski definition) is 9. The first kappa shape index (κ1) is 45.5. The highest BCUT2D eigenvalue weighted by atomic mass is 35.5. The lowest BCUT2D eigenvalue weighted by molar-refractivity contribution is 0.00694. The molecule has 0 radical (unpaired) electrons. The van der Waals surface area contributed by atoms with E-state index in [0.717, 1.165) is 59.7 Å². The number of fused-ring (bicyclic) bond motifs is 3. The molecule has 2 aliphatic carbocycles. The third-order valence-electron chi connectivity index (χ3n) is 12.6. The Bertz CT molecular complexity index is 2260. The Balaban J connectivity index is 1.03. The highest BCUT2D eigenvalue weighted by molar-refractivity contribution is 7.89. The molecule has 3 aliphatic rings. The average molecular weight is 886 g/mol. The monoisotopic (exact) mass is 884 g/mol. The normalized spacial score (nSPS) is 20.5. The van der Waals surface area contributed by atoms with E-state index in [0.29, 0.717) is 49.6 Å². The van der Waals surface area contributed by atoms with Crippen molar-refractivity contribution in [2.45, 2.75) is 95.9 Å². The fourth-order valence-electron chi connectivity index (χ4n) is 9.15. The summed E-state index contributed by atoms with van der Waals surface area (Å²) in [7, 11) is -0.433. The maximum absolute atomic E-state index is 13.9. The van der Waals surface area contributed by atoms with E-state index < -0.39 is 21.7 Å². The Morgan fingerprint density at radius 1 is 0.968 bits per heavy atom. The second kappa shape index (κ2) is 19.5. The summed E-state index contributed by atoms with van der Waals surface area (Å²) in [6.45, 7) is 7.94. The summed E-state index contributed by atoms with van der Waals surface area (Å²) in [6, 6.07) is 26.7. The summed E-state index contributed by atoms with van der Waals surface area (Å²) < 4.78 is 52.3. The fraction of sp³-hybridized carbons (Fsp3) is 0.460. The van der Waals surface area contributed by atoms with Crippen LogP contribution in [0.2, 0.25) is 5.02 Å². The molecular weight excluding hydrogens is 824 g/mol. The van der Waals surface area contributed by atoms with Crippen LogP contribution in [0.25, 0.3) is 0 Å². The van der Waals surface area contributed by atoms with Gasteiger partial charge in [-0.25, -0.2) is 13.2 Å². The van der Waals surface area contributed by atoms with Crippen molar-refractivity contribution in [1.82, 2.24) is 4.31 Å². The van der Waals surface area contributed by atoms with Gasteiger partial charge in [-0.15, -0.1) is 0 Å². The van der Waals surface area contributed by atoms with Crippen molar-refractivity contribution in [2.24, 2.45) is 11.8 Å². The molecule has 4 aromatic carbocycles. The smallest absolute Gasteiger partial charge is 0.338 e. The largest absolute Gasteiger partial charge is 0.497 e. The van der Waals surface area contributed by atoms with Crippen LogP contribution < -0.4 is 19.1 Å². The number of halogens is 1. The first-order valence-electron chi connectivity index (χ1n) is 21.8. The van der Waals surface area contributed by atoms with Gasteiger partial charge in [0.1, 0.15) is 22.8 Å². The minimum Gasteiger partial charge on any atom is -0.497 e. The Hall–Kier alpha value is -4.55. The molecule has 4 aromatic rings. The highest BCUT2D eigenvalue weighted by Crippen LogP contribution is 2.47. The maximum atomic E-state index is 13.9. The molecule has 12 heteroatoms. The van der Waals surface area contributed by atoms with E-state index in [9.17, 15) is 18.3 Å². The zero-order valence-corrected chi connectivity index (χ0v) is 38.2. The number of aliphatic hydroxyl groups excluding tert-OH is 1. The van der Waals surface area contributed by atoms with Crippen LogP contribution in [0.15, 0.2) is 97.1 Å². The number of rotatable bonds is 16. The second-order valence-electron chi connectivity index (χ2n) is 18.1. The average Bonchev–Trinajstić information content (AvgIpc) is 3.38. The van der Waals surface area contributed by atoms with Gasteiger partial charge in [0.25, 0.3) is 0 Å². The van der Waals surface area contributed by atoms with Crippen molar-refractivity contribution in [3.63, 3.8) is 0 Å². The third kappa shape index (κ3) is 11.0. The summed E-state index contributed by atoms with van der Waals surface area (Å²) in [6.07, 6.45) is 8.83. The summed E-state index contributed by atoms with van der Waals surface area (Å²) in [5.74, 6) is 1.98. The number of carbonyl (C=O) groups is 1. The summed E-state index contributed by atoms with van der Waals surface area (Å²) >= 11 is 6.48. The molecule has 1 fully saturated rings. The number of ether oxygens (including phenoxy) is 4. The van der Waals surface area contributed by atoms with E-state index >= 15 is 0 Å². The van der Waals surface area contributed by atoms with E-state index in [1.165, 1.54) is 15.4 Å². The first-order valence-corrected chi connectivity index (χ1v) is 23.8. The van der Waals surface area contributed by atoms with Crippen molar-refractivity contribution in [2.75, 3.05) is 44.6 Å². The molecule has 1 unspecified atom stereocenters. The van der Waals surface area contributed by atoms with E-state index in [4.69, 9.17) is 30.5 Å². The highest BCUT2D eigenvalue weighted by Gasteiger charge is 2.44. The third-order valence-corrected chi connectivity index (χ3v) is 14.7. The van der Waals surface area contributed by atoms with Crippen molar-refractivity contribution in [3.05, 3.63) is 130 Å². The number of hydrogen-bond donors (Lipinski definition) is 1. The minimum atomic E-state index is -3.64. The first-order chi connectivity index (χ1) is 29.6. The van der Waals surface area contributed by atoms with Gasteiger partial charge in [0.2, 0.25) is 10.0 Å². The lowest BCUT2D eigenvalue weighted by Gasteiger charge is -2.45. The predicted molar refractivity (Wildman–Crippen MR) is 245 cm³/mol. The molecule has 332 valence electrons. The van der Waals surface area contributed by atoms with Gasteiger partial charge in [-0.05, 0) is 154 Å². The van der Waals surface area contributed by atoms with Crippen molar-refractivity contribution in [1.29, 1.82) is 0 Å². The van der Waals surface area contributed by atoms with Gasteiger partial charge in [0.05, 0.1) is 43.9 Å². The number of sulfonamides is 1. The molecule has 0 saturated heterocycles. The number of esters is 1. The Labute approximate surface area is 372 Å². The van der Waals surface area contributed by atoms with E-state index in [2.05, 4.69) is 17.0 Å². The van der Waals surface area contributed by atoms with Crippen LogP contribution in [-0.4, -0.2) is 75.2 Å². The molecule has 1 N–H and O–H groups in total. The SMILES string of the molecule is COc1ccc(CN(Cc2ccc(OC)cc2)S(=O)(=O)CCC/C=C/[C@H](O)[C@@H]2CC[C@H]2CN2CC3(CCCc4cc(Cl)ccc43)COc3ccc(C(=O)OC(C)(C)C)cc32)cc1. The summed E-state index contributed by atoms with van der Waals surface area (Å²) in [5, 5.41) is 12.3. The molecule has 0 amide bonds. The van der Waals surface area contributed by atoms with Gasteiger partial charge >= 0.3 is 5.97 Å². The zero-order valence-electron chi connectivity index (χ0n) is 36.6. The van der Waals surface area contributed by atoms with Gasteiger partial charge < -0.3 is 29.0 Å². The lowest BCUT2D eigenvalue weighted by Crippen LogP contribution is -2.49. The number of carbonyl (C=O) groups excluding carboxylic acids is 1. The van der Waals surface area contributed by atoms with Crippen LogP contribution in [0, 0.1) is 11.8 Å². The van der Waals surface area contributed by atoms with Crippen molar-refractivity contribution >= 4 is 33.3 Å². The van der Waals surface area contributed by atoms with Gasteiger partial charge in [0, 0.05) is 36.6 Å². The van der Waals surface area contributed by atoms with Crippen LogP contribution in [-0.2, 0) is 39.7 Å². The number of unbranched alkanes of at least 4 members (excludes halogenated alkanes) is 1. The van der Waals surface area contributed by atoms with Crippen molar-refractivity contribution < 1.29 is 37.3 Å². The van der Waals surface area contributed by atoms with Crippen LogP contribution in [0.1, 0.15) is 91.9 Å². The second-order valence-corrected chi connectivity index (χ2v) is 20.7. The number of benzene rings is 4. The van der Waals surface area contributed by atoms with Gasteiger partial charge in [0.15, 0.2) is 0 Å². The van der Waals surface area contributed by atoms with Gasteiger partial charge in [-0.1, -0.05) is 54.1 Å². The zero-order chi connectivity index (χ0) is 44.1. The summed E-state index contributed by atoms with van der Waals surface area (Å²) in [4.78, 5) is 15.7. The molecular formula is C50H61ClN2O8S. The molecule has 1 aliphatic heterocycles. The molecule has 7 rings (SSSR count). The number of aliphatic hydroxyl groups is 1. The number of aryl methyl sites for hydroxylation is 1. The van der Waals surface area contributed by atoms with E-state index in [1.807, 2.05) is 99.7 Å². The molecule has 0 aromatic heterocycles. The maximum Gasteiger partial charge on any atom is 0.338 e. The number of methoxy groups -OCH3 is 2.